The van der Waals surface area contributed by atoms with Gasteiger partial charge in [0.05, 0.1) is 6.61 Å². The molecule has 2 N–H and O–H groups in total. The second-order valence-corrected chi connectivity index (χ2v) is 8.24. The number of nitrogens with one attached hydrogen (secondary N) is 2. The van der Waals surface area contributed by atoms with Crippen LogP contribution in [0.5, 0.6) is 5.75 Å². The van der Waals surface area contributed by atoms with Crippen molar-refractivity contribution in [3.05, 3.63) is 65.7 Å². The molecule has 0 radical (unpaired) electrons. The van der Waals surface area contributed by atoms with Gasteiger partial charge in [0.2, 0.25) is 5.91 Å². The Balaban J connectivity index is 1.47. The molecule has 0 spiro atoms. The fraction of sp³-hybridized carbons (Fsp3) is 0.320. The zero-order chi connectivity index (χ0) is 22.9. The van der Waals surface area contributed by atoms with Crippen molar-refractivity contribution in [1.82, 2.24) is 10.2 Å². The maximum atomic E-state index is 12.6. The maximum absolute atomic E-state index is 12.6. The lowest BCUT2D eigenvalue weighted by atomic mass is 9.98. The monoisotopic (exact) mass is 451 g/mol. The zero-order valence-electron chi connectivity index (χ0n) is 18.5. The molecule has 1 heterocycles. The van der Waals surface area contributed by atoms with Crippen LogP contribution < -0.4 is 15.4 Å². The molecule has 0 atom stereocenters. The van der Waals surface area contributed by atoms with Crippen LogP contribution in [-0.4, -0.2) is 41.5 Å². The summed E-state index contributed by atoms with van der Waals surface area (Å²) in [7, 11) is 0. The molecular weight excluding hydrogens is 422 g/mol. The van der Waals surface area contributed by atoms with Crippen LogP contribution in [0.25, 0.3) is 6.08 Å². The third-order valence-electron chi connectivity index (χ3n) is 5.32. The van der Waals surface area contributed by atoms with Crippen LogP contribution in [0.2, 0.25) is 0 Å². The molecule has 168 valence electrons. The molecule has 0 aliphatic carbocycles. The van der Waals surface area contributed by atoms with E-state index in [9.17, 15) is 9.59 Å². The normalized spacial score (nSPS) is 14.2. The summed E-state index contributed by atoms with van der Waals surface area (Å²) in [5.41, 5.74) is 2.24. The number of ether oxygens (including phenoxy) is 1. The first-order chi connectivity index (χ1) is 15.4. The van der Waals surface area contributed by atoms with Gasteiger partial charge in [-0.1, -0.05) is 19.1 Å². The topological polar surface area (TPSA) is 70.7 Å². The number of likely N-dealkylation sites (tertiary alicyclic amines) is 1. The molecule has 2 aromatic carbocycles. The number of anilines is 1. The Bertz CT molecular complexity index is 963. The lowest BCUT2D eigenvalue weighted by Gasteiger charge is -2.30. The molecular formula is C25H29N3O3S. The van der Waals surface area contributed by atoms with Gasteiger partial charge in [-0.25, -0.2) is 0 Å². The van der Waals surface area contributed by atoms with Crippen molar-refractivity contribution in [1.29, 1.82) is 0 Å². The highest BCUT2D eigenvalue weighted by atomic mass is 32.1. The number of hydrogen-bond donors (Lipinski definition) is 2. The van der Waals surface area contributed by atoms with Gasteiger partial charge in [-0.05, 0) is 85.9 Å². The van der Waals surface area contributed by atoms with Crippen LogP contribution >= 0.6 is 12.2 Å². The van der Waals surface area contributed by atoms with Gasteiger partial charge in [-0.15, -0.1) is 0 Å². The average molecular weight is 452 g/mol. The van der Waals surface area contributed by atoms with Crippen LogP contribution in [0.4, 0.5) is 5.69 Å². The highest BCUT2D eigenvalue weighted by molar-refractivity contribution is 7.80. The molecule has 2 aromatic rings. The van der Waals surface area contributed by atoms with Crippen molar-refractivity contribution in [3.63, 3.8) is 0 Å². The first kappa shape index (κ1) is 23.5. The summed E-state index contributed by atoms with van der Waals surface area (Å²) in [4.78, 5) is 26.7. The first-order valence-corrected chi connectivity index (χ1v) is 11.3. The van der Waals surface area contributed by atoms with Crippen molar-refractivity contribution >= 4 is 40.9 Å². The van der Waals surface area contributed by atoms with Crippen LogP contribution in [0.1, 0.15) is 42.6 Å². The highest BCUT2D eigenvalue weighted by Crippen LogP contribution is 2.19. The van der Waals surface area contributed by atoms with E-state index < -0.39 is 0 Å². The van der Waals surface area contributed by atoms with E-state index in [0.717, 1.165) is 37.2 Å². The molecule has 7 heteroatoms. The summed E-state index contributed by atoms with van der Waals surface area (Å²) in [5, 5.41) is 5.78. The third-order valence-corrected chi connectivity index (χ3v) is 5.52. The Morgan fingerprint density at radius 2 is 1.75 bits per heavy atom. The molecule has 3 rings (SSSR count). The Hall–Kier alpha value is -3.19. The largest absolute Gasteiger partial charge is 0.494 e. The minimum absolute atomic E-state index is 0.0544. The number of piperidine rings is 1. The van der Waals surface area contributed by atoms with Gasteiger partial charge in [0.15, 0.2) is 5.11 Å². The molecule has 1 saturated heterocycles. The molecule has 0 saturated carbocycles. The van der Waals surface area contributed by atoms with Crippen LogP contribution in [-0.2, 0) is 4.79 Å². The predicted molar refractivity (Wildman–Crippen MR) is 132 cm³/mol. The summed E-state index contributed by atoms with van der Waals surface area (Å²) in [6, 6.07) is 14.6. The number of carbonyl (C=O) groups excluding carboxylic acids is 2. The Morgan fingerprint density at radius 3 is 2.38 bits per heavy atom. The molecule has 0 unspecified atom stereocenters. The fourth-order valence-electron chi connectivity index (χ4n) is 3.42. The molecule has 6 nitrogen and oxygen atoms in total. The van der Waals surface area contributed by atoms with Gasteiger partial charge in [0.25, 0.3) is 5.91 Å². The number of carbonyl (C=O) groups is 2. The lowest BCUT2D eigenvalue weighted by Crippen LogP contribution is -2.37. The Morgan fingerprint density at radius 1 is 1.09 bits per heavy atom. The smallest absolute Gasteiger partial charge is 0.253 e. The van der Waals surface area contributed by atoms with Crippen LogP contribution in [0.15, 0.2) is 54.6 Å². The van der Waals surface area contributed by atoms with E-state index in [1.54, 1.807) is 30.3 Å². The Kier molecular flexibility index (Phi) is 8.39. The second-order valence-electron chi connectivity index (χ2n) is 7.83. The van der Waals surface area contributed by atoms with Gasteiger partial charge in [0, 0.05) is 30.4 Å². The number of hydrogen-bond acceptors (Lipinski definition) is 4. The number of rotatable bonds is 6. The molecule has 0 bridgehead atoms. The lowest BCUT2D eigenvalue weighted by molar-refractivity contribution is -0.115. The number of thiocarbonyl (C=S) groups is 1. The van der Waals surface area contributed by atoms with Gasteiger partial charge < -0.3 is 15.0 Å². The van der Waals surface area contributed by atoms with E-state index in [0.29, 0.717) is 23.8 Å². The van der Waals surface area contributed by atoms with E-state index in [4.69, 9.17) is 17.0 Å². The SMILES string of the molecule is CCOc1ccc(/C=C/C(=O)NC(=S)Nc2ccc(C(=O)N3CCC(C)CC3)cc2)cc1. The van der Waals surface area contributed by atoms with Gasteiger partial charge in [-0.3, -0.25) is 14.9 Å². The minimum atomic E-state index is -0.331. The van der Waals surface area contributed by atoms with Crippen molar-refractivity contribution in [2.24, 2.45) is 5.92 Å². The summed E-state index contributed by atoms with van der Waals surface area (Å²) in [6.07, 6.45) is 5.22. The number of amides is 2. The van der Waals surface area contributed by atoms with Gasteiger partial charge in [0.1, 0.15) is 5.75 Å². The molecule has 0 aromatic heterocycles. The summed E-state index contributed by atoms with van der Waals surface area (Å²) >= 11 is 5.22. The third kappa shape index (κ3) is 6.92. The number of nitrogens with zero attached hydrogens (tertiary/aromatic N) is 1. The second kappa shape index (κ2) is 11.4. The molecule has 2 amide bonds. The van der Waals surface area contributed by atoms with Crippen LogP contribution in [0.3, 0.4) is 0 Å². The Labute approximate surface area is 194 Å². The van der Waals surface area contributed by atoms with E-state index >= 15 is 0 Å². The van der Waals surface area contributed by atoms with E-state index in [1.807, 2.05) is 36.1 Å². The van der Waals surface area contributed by atoms with Gasteiger partial charge in [-0.2, -0.15) is 0 Å². The summed E-state index contributed by atoms with van der Waals surface area (Å²) in [6.45, 7) is 6.37. The average Bonchev–Trinajstić information content (AvgIpc) is 2.79. The highest BCUT2D eigenvalue weighted by Gasteiger charge is 2.21. The van der Waals surface area contributed by atoms with Crippen LogP contribution in [0, 0.1) is 5.92 Å². The van der Waals surface area contributed by atoms with E-state index in [-0.39, 0.29) is 16.9 Å². The van der Waals surface area contributed by atoms with Crippen molar-refractivity contribution in [2.75, 3.05) is 25.0 Å². The predicted octanol–water partition coefficient (Wildman–Crippen LogP) is 4.48. The first-order valence-electron chi connectivity index (χ1n) is 10.9. The molecule has 1 aliphatic rings. The van der Waals surface area contributed by atoms with Gasteiger partial charge >= 0.3 is 0 Å². The standard InChI is InChI=1S/C25H29N3O3S/c1-3-31-22-11-4-19(5-12-22)6-13-23(29)27-25(32)26-21-9-7-20(8-10-21)24(30)28-16-14-18(2)15-17-28/h4-13,18H,3,14-17H2,1-2H3,(H2,26,27,29,32)/b13-6+. The van der Waals surface area contributed by atoms with E-state index in [2.05, 4.69) is 17.6 Å². The maximum Gasteiger partial charge on any atom is 0.253 e. The summed E-state index contributed by atoms with van der Waals surface area (Å²) < 4.78 is 5.40. The quantitative estimate of drug-likeness (QED) is 0.500. The van der Waals surface area contributed by atoms with Crippen molar-refractivity contribution < 1.29 is 14.3 Å². The molecule has 32 heavy (non-hydrogen) atoms. The zero-order valence-corrected chi connectivity index (χ0v) is 19.3. The number of benzene rings is 2. The van der Waals surface area contributed by atoms with Crippen molar-refractivity contribution in [2.45, 2.75) is 26.7 Å². The minimum Gasteiger partial charge on any atom is -0.494 e. The molecule has 1 fully saturated rings. The molecule has 1 aliphatic heterocycles. The van der Waals surface area contributed by atoms with E-state index in [1.165, 1.54) is 6.08 Å². The summed E-state index contributed by atoms with van der Waals surface area (Å²) in [5.74, 6) is 1.19. The van der Waals surface area contributed by atoms with Crippen molar-refractivity contribution in [3.8, 4) is 5.75 Å². The fourth-order valence-corrected chi connectivity index (χ4v) is 3.64.